The molecule has 5 rings (SSSR count). The van der Waals surface area contributed by atoms with Gasteiger partial charge in [-0.25, -0.2) is 14.4 Å². The van der Waals surface area contributed by atoms with Gasteiger partial charge in [-0.2, -0.15) is 0 Å². The van der Waals surface area contributed by atoms with E-state index in [0.717, 1.165) is 11.8 Å². The number of aromatic nitrogens is 4. The molecule has 2 aromatic carbocycles. The molecule has 8 nitrogen and oxygen atoms in total. The second-order valence-corrected chi connectivity index (χ2v) is 8.29. The average molecular weight is 504 g/mol. The predicted octanol–water partition coefficient (Wildman–Crippen LogP) is 5.59. The lowest BCUT2D eigenvalue weighted by atomic mass is 10.2. The number of hydrogen-bond donors (Lipinski definition) is 1. The molecule has 0 saturated carbocycles. The fourth-order valence-electron chi connectivity index (χ4n) is 3.48. The minimum Gasteiger partial charge on any atom is -0.439 e. The van der Waals surface area contributed by atoms with E-state index in [9.17, 15) is 9.18 Å². The summed E-state index contributed by atoms with van der Waals surface area (Å²) in [4.78, 5) is 21.8. The van der Waals surface area contributed by atoms with Crippen molar-refractivity contribution in [3.05, 3.63) is 123 Å². The van der Waals surface area contributed by atoms with Crippen molar-refractivity contribution in [1.82, 2.24) is 19.7 Å². The van der Waals surface area contributed by atoms with Crippen LogP contribution in [0.25, 0.3) is 0 Å². The van der Waals surface area contributed by atoms with Crippen molar-refractivity contribution in [3.8, 4) is 11.6 Å². The Morgan fingerprint density at radius 1 is 0.972 bits per heavy atom. The highest BCUT2D eigenvalue weighted by molar-refractivity contribution is 6.30. The lowest BCUT2D eigenvalue weighted by Crippen LogP contribution is -2.27. The molecule has 0 fully saturated rings. The van der Waals surface area contributed by atoms with Crippen molar-refractivity contribution in [1.29, 1.82) is 0 Å². The van der Waals surface area contributed by atoms with E-state index in [-0.39, 0.29) is 18.0 Å². The molecule has 5 aromatic rings. The highest BCUT2D eigenvalue weighted by Gasteiger charge is 2.13. The van der Waals surface area contributed by atoms with E-state index in [4.69, 9.17) is 20.9 Å². The summed E-state index contributed by atoms with van der Waals surface area (Å²) in [6.45, 7) is 0.287. The first-order valence-electron chi connectivity index (χ1n) is 10.9. The second kappa shape index (κ2) is 10.4. The Labute approximate surface area is 210 Å². The number of benzene rings is 2. The number of ether oxygens (including phenoxy) is 1. The smallest absolute Gasteiger partial charge is 0.258 e. The number of anilines is 2. The molecule has 0 radical (unpaired) electrons. The van der Waals surface area contributed by atoms with Gasteiger partial charge >= 0.3 is 0 Å². The van der Waals surface area contributed by atoms with Gasteiger partial charge in [-0.1, -0.05) is 28.9 Å². The van der Waals surface area contributed by atoms with Crippen LogP contribution in [0.15, 0.2) is 94.7 Å². The maximum atomic E-state index is 13.4. The molecule has 0 amide bonds. The normalized spacial score (nSPS) is 10.8. The molecule has 3 heterocycles. The first-order chi connectivity index (χ1) is 17.5. The van der Waals surface area contributed by atoms with Crippen molar-refractivity contribution in [3.63, 3.8) is 0 Å². The molecule has 0 spiro atoms. The van der Waals surface area contributed by atoms with Gasteiger partial charge in [0, 0.05) is 41.0 Å². The van der Waals surface area contributed by atoms with Gasteiger partial charge < -0.3 is 14.6 Å². The van der Waals surface area contributed by atoms with Crippen molar-refractivity contribution in [2.24, 2.45) is 0 Å². The van der Waals surface area contributed by atoms with E-state index in [1.165, 1.54) is 24.6 Å². The lowest BCUT2D eigenvalue weighted by Gasteiger charge is -2.15. The van der Waals surface area contributed by atoms with E-state index >= 15 is 0 Å². The molecule has 3 aromatic heterocycles. The molecule has 0 aliphatic heterocycles. The summed E-state index contributed by atoms with van der Waals surface area (Å²) >= 11 is 6.02. The Morgan fingerprint density at radius 2 is 1.78 bits per heavy atom. The molecule has 0 unspecified atom stereocenters. The fraction of sp³-hybridized carbons (Fsp3) is 0.0769. The Morgan fingerprint density at radius 3 is 2.47 bits per heavy atom. The monoisotopic (exact) mass is 503 g/mol. The lowest BCUT2D eigenvalue weighted by molar-refractivity contribution is 0.413. The van der Waals surface area contributed by atoms with Crippen molar-refractivity contribution in [2.75, 3.05) is 5.32 Å². The van der Waals surface area contributed by atoms with Crippen LogP contribution < -0.4 is 15.6 Å². The summed E-state index contributed by atoms with van der Waals surface area (Å²) in [7, 11) is 0. The van der Waals surface area contributed by atoms with Gasteiger partial charge in [0.05, 0.1) is 18.4 Å². The first-order valence-corrected chi connectivity index (χ1v) is 11.3. The van der Waals surface area contributed by atoms with Crippen molar-refractivity contribution in [2.45, 2.75) is 13.0 Å². The molecular weight excluding hydrogens is 485 g/mol. The zero-order valence-corrected chi connectivity index (χ0v) is 19.5. The summed E-state index contributed by atoms with van der Waals surface area (Å²) in [5.41, 5.74) is 2.50. The number of nitrogens with one attached hydrogen (secondary N) is 1. The van der Waals surface area contributed by atoms with E-state index in [2.05, 4.69) is 20.4 Å². The summed E-state index contributed by atoms with van der Waals surface area (Å²) in [6, 6.07) is 18.7. The van der Waals surface area contributed by atoms with Gasteiger partial charge in [0.1, 0.15) is 17.8 Å². The Hall–Kier alpha value is -4.50. The van der Waals surface area contributed by atoms with Crippen LogP contribution in [0.1, 0.15) is 16.8 Å². The molecule has 0 bridgehead atoms. The summed E-state index contributed by atoms with van der Waals surface area (Å²) < 4.78 is 25.1. The van der Waals surface area contributed by atoms with Crippen molar-refractivity contribution < 1.29 is 13.7 Å². The molecule has 1 N–H and O–H groups in total. The van der Waals surface area contributed by atoms with Crippen LogP contribution in [-0.4, -0.2) is 19.7 Å². The SMILES string of the molecule is O=c1c(Cc2ccon2)cnc(Nc2ccc(Oc3ccc(F)cn3)cc2)n1Cc1ccc(Cl)cc1. The predicted molar refractivity (Wildman–Crippen MR) is 132 cm³/mol. The Bertz CT molecular complexity index is 1500. The molecule has 0 aliphatic rings. The molecule has 0 aliphatic carbocycles. The number of rotatable bonds is 8. The van der Waals surface area contributed by atoms with Crippen LogP contribution in [0.5, 0.6) is 11.6 Å². The number of halogens is 2. The summed E-state index contributed by atoms with van der Waals surface area (Å²) in [5, 5.41) is 7.70. The van der Waals surface area contributed by atoms with E-state index in [1.54, 1.807) is 47.0 Å². The van der Waals surface area contributed by atoms with Gasteiger partial charge in [0.15, 0.2) is 0 Å². The van der Waals surface area contributed by atoms with Crippen LogP contribution >= 0.6 is 11.6 Å². The third kappa shape index (κ3) is 5.59. The zero-order chi connectivity index (χ0) is 24.9. The van der Waals surface area contributed by atoms with Gasteiger partial charge in [0.2, 0.25) is 11.8 Å². The van der Waals surface area contributed by atoms with Gasteiger partial charge in [0.25, 0.3) is 5.56 Å². The van der Waals surface area contributed by atoms with Gasteiger partial charge in [-0.3, -0.25) is 9.36 Å². The molecule has 0 saturated heterocycles. The molecule has 180 valence electrons. The van der Waals surface area contributed by atoms with E-state index < -0.39 is 5.82 Å². The second-order valence-electron chi connectivity index (χ2n) is 7.86. The maximum Gasteiger partial charge on any atom is 0.258 e. The maximum absolute atomic E-state index is 13.4. The quantitative estimate of drug-likeness (QED) is 0.295. The van der Waals surface area contributed by atoms with E-state index in [1.807, 2.05) is 12.1 Å². The minimum atomic E-state index is -0.439. The fourth-order valence-corrected chi connectivity index (χ4v) is 3.60. The third-order valence-corrected chi connectivity index (χ3v) is 5.52. The Balaban J connectivity index is 1.41. The van der Waals surface area contributed by atoms with Crippen LogP contribution in [-0.2, 0) is 13.0 Å². The summed E-state index contributed by atoms with van der Waals surface area (Å²) in [6.07, 6.45) is 4.38. The summed E-state index contributed by atoms with van der Waals surface area (Å²) in [5.74, 6) is 0.728. The molecular formula is C26H19ClFN5O3. The number of pyridine rings is 1. The van der Waals surface area contributed by atoms with Crippen LogP contribution in [0.3, 0.4) is 0 Å². The van der Waals surface area contributed by atoms with E-state index in [0.29, 0.717) is 40.1 Å². The van der Waals surface area contributed by atoms with Crippen LogP contribution in [0.4, 0.5) is 16.0 Å². The zero-order valence-electron chi connectivity index (χ0n) is 18.8. The minimum absolute atomic E-state index is 0.201. The van der Waals surface area contributed by atoms with Crippen LogP contribution in [0, 0.1) is 5.82 Å². The number of hydrogen-bond acceptors (Lipinski definition) is 7. The Kier molecular flexibility index (Phi) is 6.72. The average Bonchev–Trinajstić information content (AvgIpc) is 3.40. The largest absolute Gasteiger partial charge is 0.439 e. The topological polar surface area (TPSA) is 95.1 Å². The van der Waals surface area contributed by atoms with Gasteiger partial charge in [-0.15, -0.1) is 0 Å². The first kappa shape index (κ1) is 23.3. The standard InChI is InChI=1S/C26H19ClFN5O3/c27-19-3-1-17(2-4-19)16-33-25(34)18(13-22-11-12-35-32-22)14-30-26(33)31-21-6-8-23(9-7-21)36-24-10-5-20(28)15-29-24/h1-12,14-15H,13,16H2,(H,30,31). The number of nitrogens with zero attached hydrogens (tertiary/aromatic N) is 4. The third-order valence-electron chi connectivity index (χ3n) is 5.27. The van der Waals surface area contributed by atoms with Gasteiger partial charge in [-0.05, 0) is 48.0 Å². The molecule has 36 heavy (non-hydrogen) atoms. The van der Waals surface area contributed by atoms with Crippen molar-refractivity contribution >= 4 is 23.2 Å². The highest BCUT2D eigenvalue weighted by Crippen LogP contribution is 2.23. The highest BCUT2D eigenvalue weighted by atomic mass is 35.5. The molecule has 10 heteroatoms. The molecule has 0 atom stereocenters. The van der Waals surface area contributed by atoms with Crippen LogP contribution in [0.2, 0.25) is 5.02 Å².